The number of nitrogens with one attached hydrogen (secondary N) is 1. The Morgan fingerprint density at radius 2 is 2.00 bits per heavy atom. The molecule has 122 valence electrons. The highest BCUT2D eigenvalue weighted by Crippen LogP contribution is 2.24. The quantitative estimate of drug-likeness (QED) is 0.757. The molecule has 5 heteroatoms. The molecule has 0 heterocycles. The Hall–Kier alpha value is -2.04. The van der Waals surface area contributed by atoms with Crippen molar-refractivity contribution in [2.75, 3.05) is 19.0 Å². The number of ether oxygens (including phenoxy) is 2. The van der Waals surface area contributed by atoms with E-state index in [1.165, 1.54) is 0 Å². The SMILES string of the molecule is CCCOCc1cc(C(=O)Nc2ccccc2Cl)ccc1OC. The summed E-state index contributed by atoms with van der Waals surface area (Å²) in [6.45, 7) is 3.12. The van der Waals surface area contributed by atoms with Crippen LogP contribution in [-0.2, 0) is 11.3 Å². The Morgan fingerprint density at radius 3 is 2.70 bits per heavy atom. The third-order valence-corrected chi connectivity index (χ3v) is 3.60. The van der Waals surface area contributed by atoms with Crippen LogP contribution in [0, 0.1) is 0 Å². The Labute approximate surface area is 141 Å². The van der Waals surface area contributed by atoms with Crippen molar-refractivity contribution in [1.82, 2.24) is 0 Å². The number of rotatable bonds is 7. The summed E-state index contributed by atoms with van der Waals surface area (Å²) in [7, 11) is 1.60. The van der Waals surface area contributed by atoms with Crippen molar-refractivity contribution in [3.63, 3.8) is 0 Å². The van der Waals surface area contributed by atoms with Crippen LogP contribution in [0.5, 0.6) is 5.75 Å². The van der Waals surface area contributed by atoms with Crippen molar-refractivity contribution in [3.8, 4) is 5.75 Å². The van der Waals surface area contributed by atoms with Gasteiger partial charge in [0.1, 0.15) is 5.75 Å². The first-order valence-corrected chi connectivity index (χ1v) is 7.84. The van der Waals surface area contributed by atoms with Gasteiger partial charge in [0.05, 0.1) is 24.4 Å². The summed E-state index contributed by atoms with van der Waals surface area (Å²) in [5, 5.41) is 3.31. The van der Waals surface area contributed by atoms with Gasteiger partial charge in [-0.3, -0.25) is 4.79 Å². The van der Waals surface area contributed by atoms with E-state index in [4.69, 9.17) is 21.1 Å². The van der Waals surface area contributed by atoms with Gasteiger partial charge < -0.3 is 14.8 Å². The Morgan fingerprint density at radius 1 is 1.22 bits per heavy atom. The first kappa shape index (κ1) is 17.3. The topological polar surface area (TPSA) is 47.6 Å². The summed E-state index contributed by atoms with van der Waals surface area (Å²) < 4.78 is 10.9. The second-order valence-corrected chi connectivity index (χ2v) is 5.42. The largest absolute Gasteiger partial charge is 0.496 e. The molecule has 0 radical (unpaired) electrons. The van der Waals surface area contributed by atoms with Crippen LogP contribution in [-0.4, -0.2) is 19.6 Å². The lowest BCUT2D eigenvalue weighted by molar-refractivity contribution is 0.102. The summed E-state index contributed by atoms with van der Waals surface area (Å²) in [5.74, 6) is 0.480. The van der Waals surface area contributed by atoms with Crippen LogP contribution in [0.15, 0.2) is 42.5 Å². The molecule has 0 aromatic heterocycles. The predicted molar refractivity (Wildman–Crippen MR) is 92.3 cm³/mol. The zero-order valence-electron chi connectivity index (χ0n) is 13.3. The summed E-state index contributed by atoms with van der Waals surface area (Å²) in [6, 6.07) is 12.4. The van der Waals surface area contributed by atoms with Crippen molar-refractivity contribution in [2.45, 2.75) is 20.0 Å². The fraction of sp³-hybridized carbons (Fsp3) is 0.278. The van der Waals surface area contributed by atoms with Gasteiger partial charge in [0.25, 0.3) is 5.91 Å². The molecule has 0 unspecified atom stereocenters. The number of para-hydroxylation sites is 1. The van der Waals surface area contributed by atoms with Gasteiger partial charge in [-0.05, 0) is 36.8 Å². The molecule has 2 aromatic carbocycles. The second kappa shape index (κ2) is 8.56. The highest BCUT2D eigenvalue weighted by atomic mass is 35.5. The molecule has 4 nitrogen and oxygen atoms in total. The molecule has 1 N–H and O–H groups in total. The van der Waals surface area contributed by atoms with E-state index in [-0.39, 0.29) is 5.91 Å². The van der Waals surface area contributed by atoms with Gasteiger partial charge in [0.15, 0.2) is 0 Å². The molecule has 2 rings (SSSR count). The number of hydrogen-bond donors (Lipinski definition) is 1. The van der Waals surface area contributed by atoms with E-state index < -0.39 is 0 Å². The van der Waals surface area contributed by atoms with Gasteiger partial charge in [-0.1, -0.05) is 30.7 Å². The molecular formula is C18H20ClNO3. The van der Waals surface area contributed by atoms with Gasteiger partial charge >= 0.3 is 0 Å². The highest BCUT2D eigenvalue weighted by Gasteiger charge is 2.12. The molecule has 0 bridgehead atoms. The van der Waals surface area contributed by atoms with Crippen LogP contribution in [0.2, 0.25) is 5.02 Å². The Kier molecular flexibility index (Phi) is 6.44. The average Bonchev–Trinajstić information content (AvgIpc) is 2.57. The van der Waals surface area contributed by atoms with Crippen LogP contribution in [0.1, 0.15) is 29.3 Å². The van der Waals surface area contributed by atoms with Crippen LogP contribution < -0.4 is 10.1 Å². The number of carbonyl (C=O) groups excluding carboxylic acids is 1. The fourth-order valence-corrected chi connectivity index (χ4v) is 2.30. The third kappa shape index (κ3) is 4.71. The molecule has 0 aliphatic rings. The van der Waals surface area contributed by atoms with Gasteiger partial charge in [0.2, 0.25) is 0 Å². The standard InChI is InChI=1S/C18H20ClNO3/c1-3-10-23-12-14-11-13(8-9-17(14)22-2)18(21)20-16-7-5-4-6-15(16)19/h4-9,11H,3,10,12H2,1-2H3,(H,20,21). The van der Waals surface area contributed by atoms with Crippen molar-refractivity contribution in [3.05, 3.63) is 58.6 Å². The van der Waals surface area contributed by atoms with Crippen LogP contribution in [0.25, 0.3) is 0 Å². The summed E-state index contributed by atoms with van der Waals surface area (Å²) in [4.78, 5) is 12.4. The van der Waals surface area contributed by atoms with Crippen LogP contribution >= 0.6 is 11.6 Å². The van der Waals surface area contributed by atoms with E-state index in [2.05, 4.69) is 5.32 Å². The molecule has 0 saturated heterocycles. The number of benzene rings is 2. The number of methoxy groups -OCH3 is 1. The minimum atomic E-state index is -0.225. The van der Waals surface area contributed by atoms with E-state index in [1.54, 1.807) is 37.4 Å². The summed E-state index contributed by atoms with van der Waals surface area (Å²) >= 11 is 6.06. The molecule has 0 spiro atoms. The number of amides is 1. The third-order valence-electron chi connectivity index (χ3n) is 3.27. The molecule has 23 heavy (non-hydrogen) atoms. The number of anilines is 1. The van der Waals surface area contributed by atoms with Crippen molar-refractivity contribution < 1.29 is 14.3 Å². The predicted octanol–water partition coefficient (Wildman–Crippen LogP) is 4.53. The second-order valence-electron chi connectivity index (χ2n) is 5.01. The molecular weight excluding hydrogens is 314 g/mol. The van der Waals surface area contributed by atoms with E-state index >= 15 is 0 Å². The number of halogens is 1. The number of hydrogen-bond acceptors (Lipinski definition) is 3. The van der Waals surface area contributed by atoms with Gasteiger partial charge in [-0.2, -0.15) is 0 Å². The molecule has 0 atom stereocenters. The smallest absolute Gasteiger partial charge is 0.255 e. The minimum absolute atomic E-state index is 0.225. The molecule has 1 amide bonds. The minimum Gasteiger partial charge on any atom is -0.496 e. The maximum atomic E-state index is 12.4. The van der Waals surface area contributed by atoms with Gasteiger partial charge in [-0.25, -0.2) is 0 Å². The summed E-state index contributed by atoms with van der Waals surface area (Å²) in [5.41, 5.74) is 1.95. The van der Waals surface area contributed by atoms with E-state index in [9.17, 15) is 4.79 Å². The Balaban J connectivity index is 2.16. The zero-order valence-corrected chi connectivity index (χ0v) is 14.0. The Bertz CT molecular complexity index is 673. The molecule has 0 aliphatic heterocycles. The van der Waals surface area contributed by atoms with Gasteiger partial charge in [0, 0.05) is 17.7 Å². The fourth-order valence-electron chi connectivity index (χ4n) is 2.12. The normalized spacial score (nSPS) is 10.4. The summed E-state index contributed by atoms with van der Waals surface area (Å²) in [6.07, 6.45) is 0.939. The maximum Gasteiger partial charge on any atom is 0.255 e. The van der Waals surface area contributed by atoms with Gasteiger partial charge in [-0.15, -0.1) is 0 Å². The lowest BCUT2D eigenvalue weighted by Gasteiger charge is -2.12. The number of carbonyl (C=O) groups is 1. The van der Waals surface area contributed by atoms with Crippen LogP contribution in [0.4, 0.5) is 5.69 Å². The average molecular weight is 334 g/mol. The lowest BCUT2D eigenvalue weighted by atomic mass is 10.1. The van der Waals surface area contributed by atoms with E-state index in [0.717, 1.165) is 12.0 Å². The van der Waals surface area contributed by atoms with Crippen molar-refractivity contribution in [1.29, 1.82) is 0 Å². The maximum absolute atomic E-state index is 12.4. The monoisotopic (exact) mass is 333 g/mol. The van der Waals surface area contributed by atoms with E-state index in [0.29, 0.717) is 35.2 Å². The molecule has 2 aromatic rings. The first-order valence-electron chi connectivity index (χ1n) is 7.46. The molecule has 0 aliphatic carbocycles. The highest BCUT2D eigenvalue weighted by molar-refractivity contribution is 6.33. The molecule has 0 saturated carbocycles. The first-order chi connectivity index (χ1) is 11.2. The van der Waals surface area contributed by atoms with Crippen molar-refractivity contribution >= 4 is 23.2 Å². The van der Waals surface area contributed by atoms with Crippen LogP contribution in [0.3, 0.4) is 0 Å². The lowest BCUT2D eigenvalue weighted by Crippen LogP contribution is -2.13. The van der Waals surface area contributed by atoms with Crippen molar-refractivity contribution in [2.24, 2.45) is 0 Å². The molecule has 0 fully saturated rings. The van der Waals surface area contributed by atoms with E-state index in [1.807, 2.05) is 19.1 Å². The zero-order chi connectivity index (χ0) is 16.7.